The molecule has 1 amide bonds. The van der Waals surface area contributed by atoms with Crippen LogP contribution in [0.4, 0.5) is 11.4 Å². The van der Waals surface area contributed by atoms with Crippen LogP contribution in [0.15, 0.2) is 18.2 Å². The topological polar surface area (TPSA) is 58.4 Å². The van der Waals surface area contributed by atoms with Gasteiger partial charge in [0.05, 0.1) is 16.4 Å². The summed E-state index contributed by atoms with van der Waals surface area (Å²) >= 11 is 6.13. The number of hydrogen-bond donors (Lipinski definition) is 2. The zero-order chi connectivity index (χ0) is 13.5. The zero-order valence-corrected chi connectivity index (χ0v) is 11.6. The van der Waals surface area contributed by atoms with Crippen LogP contribution in [0.5, 0.6) is 0 Å². The Labute approximate surface area is 113 Å². The van der Waals surface area contributed by atoms with Gasteiger partial charge < -0.3 is 16.0 Å². The van der Waals surface area contributed by atoms with E-state index in [1.54, 1.807) is 6.07 Å². The van der Waals surface area contributed by atoms with Crippen molar-refractivity contribution in [3.05, 3.63) is 23.2 Å². The number of amides is 1. The van der Waals surface area contributed by atoms with E-state index in [0.717, 1.165) is 24.2 Å². The minimum absolute atomic E-state index is 0.00573. The molecule has 1 aromatic rings. The third-order valence-electron chi connectivity index (χ3n) is 2.57. The number of benzene rings is 1. The van der Waals surface area contributed by atoms with Crippen molar-refractivity contribution >= 4 is 28.9 Å². The maximum atomic E-state index is 11.8. The van der Waals surface area contributed by atoms with Crippen LogP contribution in [-0.2, 0) is 4.79 Å². The van der Waals surface area contributed by atoms with E-state index in [0.29, 0.717) is 18.0 Å². The number of nitrogens with one attached hydrogen (secondary N) is 1. The number of carbonyl (C=O) groups is 1. The number of halogens is 1. The predicted molar refractivity (Wildman–Crippen MR) is 77.3 cm³/mol. The molecule has 0 aliphatic heterocycles. The molecule has 0 radical (unpaired) electrons. The van der Waals surface area contributed by atoms with E-state index < -0.39 is 0 Å². The average Bonchev–Trinajstić information content (AvgIpc) is 2.28. The van der Waals surface area contributed by atoms with Crippen LogP contribution in [0.2, 0.25) is 5.02 Å². The molecule has 3 N–H and O–H groups in total. The molecule has 0 spiro atoms. The molecule has 0 saturated carbocycles. The highest BCUT2D eigenvalue weighted by molar-refractivity contribution is 6.34. The summed E-state index contributed by atoms with van der Waals surface area (Å²) in [6.07, 6.45) is 2.15. The normalized spacial score (nSPS) is 10.2. The van der Waals surface area contributed by atoms with Gasteiger partial charge >= 0.3 is 0 Å². The van der Waals surface area contributed by atoms with Crippen LogP contribution in [0.3, 0.4) is 0 Å². The molecule has 0 aromatic heterocycles. The molecule has 18 heavy (non-hydrogen) atoms. The van der Waals surface area contributed by atoms with Gasteiger partial charge in [-0.1, -0.05) is 17.7 Å². The summed E-state index contributed by atoms with van der Waals surface area (Å²) in [4.78, 5) is 13.6. The molecular formula is C13H20ClN3O. The van der Waals surface area contributed by atoms with E-state index in [-0.39, 0.29) is 5.91 Å². The number of unbranched alkanes of at least 4 members (excludes halogenated alkanes) is 1. The Morgan fingerprint density at radius 3 is 2.72 bits per heavy atom. The fourth-order valence-electron chi connectivity index (χ4n) is 1.71. The Kier molecular flexibility index (Phi) is 5.95. The van der Waals surface area contributed by atoms with Crippen molar-refractivity contribution in [2.24, 2.45) is 5.73 Å². The monoisotopic (exact) mass is 269 g/mol. The quantitative estimate of drug-likeness (QED) is 0.780. The maximum Gasteiger partial charge on any atom is 0.224 e. The second-order valence-electron chi connectivity index (χ2n) is 4.32. The average molecular weight is 270 g/mol. The maximum absolute atomic E-state index is 11.8. The van der Waals surface area contributed by atoms with Crippen molar-refractivity contribution in [3.8, 4) is 0 Å². The van der Waals surface area contributed by atoms with Crippen LogP contribution >= 0.6 is 11.6 Å². The Morgan fingerprint density at radius 1 is 1.39 bits per heavy atom. The van der Waals surface area contributed by atoms with Crippen molar-refractivity contribution in [3.63, 3.8) is 0 Å². The molecule has 0 fully saturated rings. The molecule has 0 atom stereocenters. The summed E-state index contributed by atoms with van der Waals surface area (Å²) in [5, 5.41) is 3.51. The van der Waals surface area contributed by atoms with Crippen LogP contribution in [0, 0.1) is 0 Å². The Balaban J connectivity index is 2.72. The summed E-state index contributed by atoms with van der Waals surface area (Å²) in [5.74, 6) is -0.00573. The fourth-order valence-corrected chi connectivity index (χ4v) is 2.06. The smallest absolute Gasteiger partial charge is 0.224 e. The first-order chi connectivity index (χ1) is 8.56. The molecule has 1 aromatic carbocycles. The van der Waals surface area contributed by atoms with Gasteiger partial charge in [-0.2, -0.15) is 0 Å². The van der Waals surface area contributed by atoms with Gasteiger partial charge in [0.2, 0.25) is 5.91 Å². The van der Waals surface area contributed by atoms with Gasteiger partial charge in [0.15, 0.2) is 0 Å². The van der Waals surface area contributed by atoms with Crippen molar-refractivity contribution in [1.82, 2.24) is 0 Å². The Bertz CT molecular complexity index is 407. The summed E-state index contributed by atoms with van der Waals surface area (Å²) in [6.45, 7) is 0.618. The van der Waals surface area contributed by atoms with Crippen molar-refractivity contribution < 1.29 is 4.79 Å². The number of nitrogens with zero attached hydrogens (tertiary/aromatic N) is 1. The van der Waals surface area contributed by atoms with E-state index in [1.165, 1.54) is 0 Å². The molecule has 0 saturated heterocycles. The largest absolute Gasteiger partial charge is 0.375 e. The number of nitrogens with two attached hydrogens (primary N) is 1. The summed E-state index contributed by atoms with van der Waals surface area (Å²) < 4.78 is 0. The minimum Gasteiger partial charge on any atom is -0.375 e. The van der Waals surface area contributed by atoms with E-state index in [2.05, 4.69) is 5.32 Å². The SMILES string of the molecule is CN(C)c1c(Cl)cccc1NC(=O)CCCCN. The van der Waals surface area contributed by atoms with Crippen LogP contribution in [0.25, 0.3) is 0 Å². The highest BCUT2D eigenvalue weighted by Crippen LogP contribution is 2.32. The summed E-state index contributed by atoms with van der Waals surface area (Å²) in [5.41, 5.74) is 6.96. The highest BCUT2D eigenvalue weighted by atomic mass is 35.5. The lowest BCUT2D eigenvalue weighted by molar-refractivity contribution is -0.116. The number of para-hydroxylation sites is 1. The van der Waals surface area contributed by atoms with Crippen molar-refractivity contribution in [2.75, 3.05) is 30.9 Å². The lowest BCUT2D eigenvalue weighted by atomic mass is 10.2. The van der Waals surface area contributed by atoms with Crippen LogP contribution < -0.4 is 16.0 Å². The first-order valence-electron chi connectivity index (χ1n) is 6.02. The molecule has 0 bridgehead atoms. The van der Waals surface area contributed by atoms with E-state index >= 15 is 0 Å². The molecular weight excluding hydrogens is 250 g/mol. The Morgan fingerprint density at radius 2 is 2.11 bits per heavy atom. The van der Waals surface area contributed by atoms with Gasteiger partial charge in [-0.25, -0.2) is 0 Å². The second kappa shape index (κ2) is 7.24. The highest BCUT2D eigenvalue weighted by Gasteiger charge is 2.11. The molecule has 0 unspecified atom stereocenters. The van der Waals surface area contributed by atoms with Gasteiger partial charge in [-0.05, 0) is 31.5 Å². The fraction of sp³-hybridized carbons (Fsp3) is 0.462. The third kappa shape index (κ3) is 4.20. The zero-order valence-electron chi connectivity index (χ0n) is 10.9. The summed E-state index contributed by atoms with van der Waals surface area (Å²) in [7, 11) is 3.79. The van der Waals surface area contributed by atoms with E-state index in [4.69, 9.17) is 17.3 Å². The first kappa shape index (κ1) is 14.8. The molecule has 0 aliphatic carbocycles. The predicted octanol–water partition coefficient (Wildman–Crippen LogP) is 2.47. The lowest BCUT2D eigenvalue weighted by Crippen LogP contribution is -2.17. The lowest BCUT2D eigenvalue weighted by Gasteiger charge is -2.19. The van der Waals surface area contributed by atoms with Gasteiger partial charge in [0, 0.05) is 20.5 Å². The third-order valence-corrected chi connectivity index (χ3v) is 2.87. The molecule has 5 heteroatoms. The van der Waals surface area contributed by atoms with Crippen molar-refractivity contribution in [2.45, 2.75) is 19.3 Å². The van der Waals surface area contributed by atoms with Crippen LogP contribution in [0.1, 0.15) is 19.3 Å². The standard InChI is InChI=1S/C13H20ClN3O/c1-17(2)13-10(14)6-5-7-11(13)16-12(18)8-3-4-9-15/h5-7H,3-4,8-9,15H2,1-2H3,(H,16,18). The van der Waals surface area contributed by atoms with Gasteiger partial charge in [0.25, 0.3) is 0 Å². The van der Waals surface area contributed by atoms with Crippen molar-refractivity contribution in [1.29, 1.82) is 0 Å². The van der Waals surface area contributed by atoms with E-state index in [9.17, 15) is 4.79 Å². The second-order valence-corrected chi connectivity index (χ2v) is 4.73. The molecule has 4 nitrogen and oxygen atoms in total. The minimum atomic E-state index is -0.00573. The molecule has 1 rings (SSSR count). The van der Waals surface area contributed by atoms with Crippen LogP contribution in [-0.4, -0.2) is 26.5 Å². The number of anilines is 2. The molecule has 0 heterocycles. The number of rotatable bonds is 6. The van der Waals surface area contributed by atoms with E-state index in [1.807, 2.05) is 31.1 Å². The Hall–Kier alpha value is -1.26. The number of carbonyl (C=O) groups excluding carboxylic acids is 1. The molecule has 0 aliphatic rings. The number of hydrogen-bond acceptors (Lipinski definition) is 3. The summed E-state index contributed by atoms with van der Waals surface area (Å²) in [6, 6.07) is 5.48. The molecule has 100 valence electrons. The van der Waals surface area contributed by atoms with Gasteiger partial charge in [0.1, 0.15) is 0 Å². The van der Waals surface area contributed by atoms with Gasteiger partial charge in [-0.3, -0.25) is 4.79 Å². The first-order valence-corrected chi connectivity index (χ1v) is 6.39. The van der Waals surface area contributed by atoms with Gasteiger partial charge in [-0.15, -0.1) is 0 Å².